The highest BCUT2D eigenvalue weighted by Gasteiger charge is 2.15. The van der Waals surface area contributed by atoms with Crippen molar-refractivity contribution in [2.75, 3.05) is 13.6 Å². The summed E-state index contributed by atoms with van der Waals surface area (Å²) >= 11 is 0. The number of benzene rings is 1. The van der Waals surface area contributed by atoms with Crippen molar-refractivity contribution in [3.8, 4) is 0 Å². The molecule has 0 radical (unpaired) electrons. The molecule has 0 aliphatic heterocycles. The quantitative estimate of drug-likeness (QED) is 0.346. The Labute approximate surface area is 166 Å². The Balaban J connectivity index is 0.00000312. The molecule has 25 heavy (non-hydrogen) atoms. The summed E-state index contributed by atoms with van der Waals surface area (Å²) in [5, 5.41) is 9.22. The molecular weight excluding hydrogens is 434 g/mol. The van der Waals surface area contributed by atoms with E-state index in [-0.39, 0.29) is 35.7 Å². The zero-order valence-corrected chi connectivity index (χ0v) is 17.0. The van der Waals surface area contributed by atoms with Crippen LogP contribution in [0.15, 0.2) is 29.3 Å². The zero-order chi connectivity index (χ0) is 17.2. The van der Waals surface area contributed by atoms with E-state index in [1.165, 1.54) is 25.3 Å². The van der Waals surface area contributed by atoms with Gasteiger partial charge < -0.3 is 16.0 Å². The van der Waals surface area contributed by atoms with Gasteiger partial charge in [-0.1, -0.05) is 37.5 Å². The van der Waals surface area contributed by atoms with Crippen molar-refractivity contribution in [2.24, 2.45) is 4.99 Å². The summed E-state index contributed by atoms with van der Waals surface area (Å²) in [5.41, 5.74) is 0.579. The molecule has 140 valence electrons. The maximum Gasteiger partial charge on any atom is 0.221 e. The first kappa shape index (κ1) is 21.7. The van der Waals surface area contributed by atoms with Crippen LogP contribution in [0, 0.1) is 5.82 Å². The molecule has 0 atom stereocenters. The molecule has 0 saturated heterocycles. The summed E-state index contributed by atoms with van der Waals surface area (Å²) in [6.45, 7) is 0.843. The molecular formula is C18H28FIN4O. The Bertz CT molecular complexity index is 562. The molecule has 0 aromatic heterocycles. The van der Waals surface area contributed by atoms with Crippen molar-refractivity contribution in [1.29, 1.82) is 0 Å². The average molecular weight is 462 g/mol. The van der Waals surface area contributed by atoms with Gasteiger partial charge in [0.25, 0.3) is 0 Å². The van der Waals surface area contributed by atoms with Gasteiger partial charge in [-0.3, -0.25) is 9.79 Å². The third kappa shape index (κ3) is 8.02. The van der Waals surface area contributed by atoms with Crippen molar-refractivity contribution in [1.82, 2.24) is 16.0 Å². The number of nitrogens with zero attached hydrogens (tertiary/aromatic N) is 1. The van der Waals surface area contributed by atoms with E-state index >= 15 is 0 Å². The smallest absolute Gasteiger partial charge is 0.221 e. The number of amides is 1. The summed E-state index contributed by atoms with van der Waals surface area (Å²) in [6, 6.07) is 6.96. The molecule has 1 aromatic rings. The second-order valence-electron chi connectivity index (χ2n) is 6.10. The first-order valence-electron chi connectivity index (χ1n) is 8.66. The van der Waals surface area contributed by atoms with Gasteiger partial charge in [0.15, 0.2) is 5.96 Å². The van der Waals surface area contributed by atoms with Crippen LogP contribution in [-0.2, 0) is 11.3 Å². The summed E-state index contributed by atoms with van der Waals surface area (Å²) in [6.07, 6.45) is 6.26. The van der Waals surface area contributed by atoms with Crippen LogP contribution in [0.1, 0.15) is 44.1 Å². The molecule has 1 aromatic carbocycles. The number of guanidine groups is 1. The number of hydrogen-bond acceptors (Lipinski definition) is 2. The topological polar surface area (TPSA) is 65.5 Å². The normalized spacial score (nSPS) is 15.2. The first-order chi connectivity index (χ1) is 11.7. The lowest BCUT2D eigenvalue weighted by atomic mass is 9.95. The minimum atomic E-state index is -0.243. The highest BCUT2D eigenvalue weighted by atomic mass is 127. The number of halogens is 2. The van der Waals surface area contributed by atoms with E-state index in [0.717, 1.165) is 12.8 Å². The van der Waals surface area contributed by atoms with Gasteiger partial charge in [-0.15, -0.1) is 24.0 Å². The molecule has 1 fully saturated rings. The Morgan fingerprint density at radius 2 is 1.92 bits per heavy atom. The maximum absolute atomic E-state index is 13.6. The van der Waals surface area contributed by atoms with Crippen LogP contribution in [0.4, 0.5) is 4.39 Å². The van der Waals surface area contributed by atoms with E-state index in [4.69, 9.17) is 0 Å². The monoisotopic (exact) mass is 462 g/mol. The van der Waals surface area contributed by atoms with Crippen LogP contribution in [0.5, 0.6) is 0 Å². The lowest BCUT2D eigenvalue weighted by Gasteiger charge is -2.22. The van der Waals surface area contributed by atoms with E-state index in [9.17, 15) is 9.18 Å². The number of rotatable bonds is 6. The molecule has 2 rings (SSSR count). The Morgan fingerprint density at radius 3 is 2.60 bits per heavy atom. The van der Waals surface area contributed by atoms with E-state index in [1.807, 2.05) is 0 Å². The second kappa shape index (κ2) is 12.1. The van der Waals surface area contributed by atoms with Crippen LogP contribution in [-0.4, -0.2) is 31.5 Å². The molecule has 1 aliphatic carbocycles. The molecule has 1 amide bonds. The highest BCUT2D eigenvalue weighted by Crippen LogP contribution is 2.17. The molecule has 3 N–H and O–H groups in total. The fraction of sp³-hybridized carbons (Fsp3) is 0.556. The highest BCUT2D eigenvalue weighted by molar-refractivity contribution is 14.0. The Morgan fingerprint density at radius 1 is 1.20 bits per heavy atom. The van der Waals surface area contributed by atoms with Crippen molar-refractivity contribution < 1.29 is 9.18 Å². The lowest BCUT2D eigenvalue weighted by Crippen LogP contribution is -2.41. The first-order valence-corrected chi connectivity index (χ1v) is 8.66. The van der Waals surface area contributed by atoms with E-state index in [1.54, 1.807) is 25.2 Å². The minimum Gasteiger partial charge on any atom is -0.356 e. The largest absolute Gasteiger partial charge is 0.356 e. The van der Waals surface area contributed by atoms with Crippen LogP contribution < -0.4 is 16.0 Å². The van der Waals surface area contributed by atoms with Crippen molar-refractivity contribution >= 4 is 35.8 Å². The average Bonchev–Trinajstić information content (AvgIpc) is 2.60. The molecule has 1 saturated carbocycles. The number of carbonyl (C=O) groups is 1. The van der Waals surface area contributed by atoms with Crippen molar-refractivity contribution in [2.45, 2.75) is 51.1 Å². The number of carbonyl (C=O) groups excluding carboxylic acids is 1. The van der Waals surface area contributed by atoms with Crippen LogP contribution in [0.2, 0.25) is 0 Å². The predicted molar refractivity (Wildman–Crippen MR) is 110 cm³/mol. The molecule has 1 aliphatic rings. The summed E-state index contributed by atoms with van der Waals surface area (Å²) in [4.78, 5) is 16.0. The molecule has 0 heterocycles. The fourth-order valence-corrected chi connectivity index (χ4v) is 2.88. The Kier molecular flexibility index (Phi) is 10.4. The van der Waals surface area contributed by atoms with Crippen LogP contribution >= 0.6 is 24.0 Å². The standard InChI is InChI=1S/C18H27FN4O.HI/c1-20-18(22-13-14-7-5-6-10-16(14)19)21-12-11-17(24)23-15-8-3-2-4-9-15;/h5-7,10,15H,2-4,8-9,11-13H2,1H3,(H,23,24)(H2,20,21,22);1H. The number of nitrogens with one attached hydrogen (secondary N) is 3. The van der Waals surface area contributed by atoms with Gasteiger partial charge in [-0.25, -0.2) is 4.39 Å². The second-order valence-corrected chi connectivity index (χ2v) is 6.10. The van der Waals surface area contributed by atoms with Crippen molar-refractivity contribution in [3.05, 3.63) is 35.6 Å². The maximum atomic E-state index is 13.6. The van der Waals surface area contributed by atoms with Gasteiger partial charge in [0.1, 0.15) is 5.82 Å². The van der Waals surface area contributed by atoms with Crippen LogP contribution in [0.25, 0.3) is 0 Å². The van der Waals surface area contributed by atoms with Gasteiger partial charge in [0.05, 0.1) is 0 Å². The molecule has 0 bridgehead atoms. The summed E-state index contributed by atoms with van der Waals surface area (Å²) in [7, 11) is 1.65. The predicted octanol–water partition coefficient (Wildman–Crippen LogP) is 2.95. The molecule has 7 heteroatoms. The zero-order valence-electron chi connectivity index (χ0n) is 14.7. The minimum absolute atomic E-state index is 0. The lowest BCUT2D eigenvalue weighted by molar-refractivity contribution is -0.121. The summed E-state index contributed by atoms with van der Waals surface area (Å²) in [5.74, 6) is 0.384. The van der Waals surface area contributed by atoms with Crippen molar-refractivity contribution in [3.63, 3.8) is 0 Å². The molecule has 0 unspecified atom stereocenters. The SMILES string of the molecule is CN=C(NCCC(=O)NC1CCCCC1)NCc1ccccc1F.I. The van der Waals surface area contributed by atoms with Gasteiger partial charge in [0.2, 0.25) is 5.91 Å². The van der Waals surface area contributed by atoms with Gasteiger partial charge in [0, 0.05) is 38.2 Å². The summed E-state index contributed by atoms with van der Waals surface area (Å²) < 4.78 is 13.6. The van der Waals surface area contributed by atoms with E-state index in [2.05, 4.69) is 20.9 Å². The van der Waals surface area contributed by atoms with Crippen LogP contribution in [0.3, 0.4) is 0 Å². The third-order valence-electron chi connectivity index (χ3n) is 4.24. The molecule has 5 nitrogen and oxygen atoms in total. The van der Waals surface area contributed by atoms with E-state index < -0.39 is 0 Å². The fourth-order valence-electron chi connectivity index (χ4n) is 2.88. The van der Waals surface area contributed by atoms with E-state index in [0.29, 0.717) is 37.1 Å². The number of aliphatic imine (C=N–C) groups is 1. The third-order valence-corrected chi connectivity index (χ3v) is 4.24. The van der Waals surface area contributed by atoms with Gasteiger partial charge >= 0.3 is 0 Å². The van der Waals surface area contributed by atoms with Gasteiger partial charge in [-0.05, 0) is 18.9 Å². The number of hydrogen-bond donors (Lipinski definition) is 3. The molecule has 0 spiro atoms. The van der Waals surface area contributed by atoms with Gasteiger partial charge in [-0.2, -0.15) is 0 Å². The Hall–Kier alpha value is -1.38.